The van der Waals surface area contributed by atoms with Crippen molar-refractivity contribution in [1.29, 1.82) is 0 Å². The van der Waals surface area contributed by atoms with Crippen LogP contribution in [-0.4, -0.2) is 46.0 Å². The van der Waals surface area contributed by atoms with E-state index in [9.17, 15) is 4.79 Å². The van der Waals surface area contributed by atoms with Crippen molar-refractivity contribution in [2.24, 2.45) is 4.99 Å². The number of carbonyl (C=O) groups excluding carboxylic acids is 1. The van der Waals surface area contributed by atoms with Crippen LogP contribution in [0.25, 0.3) is 0 Å². The number of hydrogen-bond acceptors (Lipinski definition) is 5. The minimum Gasteiger partial charge on any atom is -0.491 e. The number of nitrogens with zero attached hydrogens (tertiary/aromatic N) is 1. The number of aliphatic imine (C=N–C) groups is 1. The van der Waals surface area contributed by atoms with Crippen LogP contribution >= 0.6 is 24.0 Å². The molecule has 0 radical (unpaired) electrons. The molecule has 0 aromatic heterocycles. The highest BCUT2D eigenvalue weighted by molar-refractivity contribution is 14.0. The van der Waals surface area contributed by atoms with Crippen LogP contribution in [0.3, 0.4) is 0 Å². The second-order valence-electron chi connectivity index (χ2n) is 6.75. The third-order valence-corrected chi connectivity index (χ3v) is 4.43. The number of methoxy groups -OCH3 is 1. The molecule has 0 aliphatic heterocycles. The lowest BCUT2D eigenvalue weighted by Gasteiger charge is -2.16. The molecule has 8 nitrogen and oxygen atoms in total. The van der Waals surface area contributed by atoms with E-state index in [4.69, 9.17) is 9.47 Å². The van der Waals surface area contributed by atoms with Crippen molar-refractivity contribution in [2.45, 2.75) is 26.9 Å². The minimum atomic E-state index is -0.493. The first-order chi connectivity index (χ1) is 15.0. The Morgan fingerprint density at radius 3 is 2.41 bits per heavy atom. The Kier molecular flexibility index (Phi) is 13.2. The van der Waals surface area contributed by atoms with E-state index in [1.54, 1.807) is 7.05 Å². The summed E-state index contributed by atoms with van der Waals surface area (Å²) in [6.07, 6.45) is -0.493. The van der Waals surface area contributed by atoms with Crippen molar-refractivity contribution in [3.05, 3.63) is 59.2 Å². The maximum Gasteiger partial charge on any atom is 0.411 e. The van der Waals surface area contributed by atoms with Gasteiger partial charge in [0, 0.05) is 38.0 Å². The number of rotatable bonds is 10. The fraction of sp³-hybridized carbons (Fsp3) is 0.391. The van der Waals surface area contributed by atoms with E-state index in [0.717, 1.165) is 22.4 Å². The fourth-order valence-electron chi connectivity index (χ4n) is 2.76. The van der Waals surface area contributed by atoms with Crippen molar-refractivity contribution in [1.82, 2.24) is 10.6 Å². The monoisotopic (exact) mass is 556 g/mol. The van der Waals surface area contributed by atoms with Crippen LogP contribution in [-0.2, 0) is 22.6 Å². The molecule has 2 aromatic carbocycles. The summed E-state index contributed by atoms with van der Waals surface area (Å²) in [7, 11) is 3.06. The fourth-order valence-corrected chi connectivity index (χ4v) is 2.76. The van der Waals surface area contributed by atoms with Gasteiger partial charge in [-0.3, -0.25) is 10.3 Å². The lowest BCUT2D eigenvalue weighted by Crippen LogP contribution is -2.36. The van der Waals surface area contributed by atoms with Crippen molar-refractivity contribution >= 4 is 41.7 Å². The van der Waals surface area contributed by atoms with Gasteiger partial charge in [-0.1, -0.05) is 24.3 Å². The van der Waals surface area contributed by atoms with Crippen LogP contribution in [0.5, 0.6) is 5.75 Å². The Morgan fingerprint density at radius 2 is 1.75 bits per heavy atom. The molecule has 0 saturated heterocycles. The number of guanidine groups is 1. The van der Waals surface area contributed by atoms with Gasteiger partial charge < -0.3 is 24.8 Å². The molecule has 9 heteroatoms. The topological polar surface area (TPSA) is 93.2 Å². The largest absolute Gasteiger partial charge is 0.491 e. The Hall–Kier alpha value is -2.53. The van der Waals surface area contributed by atoms with Crippen LogP contribution in [0.4, 0.5) is 10.5 Å². The normalized spacial score (nSPS) is 10.7. The molecule has 0 aliphatic carbocycles. The van der Waals surface area contributed by atoms with Gasteiger partial charge >= 0.3 is 6.09 Å². The highest BCUT2D eigenvalue weighted by Crippen LogP contribution is 2.20. The Labute approximate surface area is 207 Å². The van der Waals surface area contributed by atoms with Crippen LogP contribution in [0.15, 0.2) is 47.5 Å². The molecular weight excluding hydrogens is 523 g/mol. The van der Waals surface area contributed by atoms with Crippen LogP contribution in [0.2, 0.25) is 0 Å². The number of aryl methyl sites for hydroxylation is 1. The number of amides is 1. The molecule has 0 fully saturated rings. The number of anilines is 1. The number of benzene rings is 2. The first-order valence-electron chi connectivity index (χ1n) is 10.2. The first kappa shape index (κ1) is 27.5. The summed E-state index contributed by atoms with van der Waals surface area (Å²) in [5, 5.41) is 9.23. The van der Waals surface area contributed by atoms with Crippen molar-refractivity contribution < 1.29 is 19.0 Å². The van der Waals surface area contributed by atoms with E-state index in [-0.39, 0.29) is 24.0 Å². The lowest BCUT2D eigenvalue weighted by atomic mass is 10.1. The maximum absolute atomic E-state index is 11.3. The number of carbonyl (C=O) groups is 1. The van der Waals surface area contributed by atoms with Crippen LogP contribution in [0.1, 0.15) is 23.6 Å². The number of nitrogens with one attached hydrogen (secondary N) is 3. The molecule has 1 amide bonds. The van der Waals surface area contributed by atoms with E-state index in [0.29, 0.717) is 44.6 Å². The predicted octanol–water partition coefficient (Wildman–Crippen LogP) is 4.07. The first-order valence-corrected chi connectivity index (χ1v) is 10.2. The summed E-state index contributed by atoms with van der Waals surface area (Å²) >= 11 is 0. The summed E-state index contributed by atoms with van der Waals surface area (Å²) in [5.74, 6) is 1.52. The lowest BCUT2D eigenvalue weighted by molar-refractivity contribution is 0.110. The molecule has 2 rings (SSSR count). The van der Waals surface area contributed by atoms with Crippen LogP contribution in [0, 0.1) is 6.92 Å². The zero-order chi connectivity index (χ0) is 22.5. The summed E-state index contributed by atoms with van der Waals surface area (Å²) in [4.78, 5) is 15.5. The van der Waals surface area contributed by atoms with Gasteiger partial charge in [0.1, 0.15) is 12.4 Å². The molecule has 176 valence electrons. The molecule has 0 unspecified atom stereocenters. The van der Waals surface area contributed by atoms with Gasteiger partial charge in [0.05, 0.1) is 13.7 Å². The average Bonchev–Trinajstić information content (AvgIpc) is 2.78. The highest BCUT2D eigenvalue weighted by atomic mass is 127. The highest BCUT2D eigenvalue weighted by Gasteiger charge is 2.07. The second kappa shape index (κ2) is 15.3. The van der Waals surface area contributed by atoms with Crippen LogP contribution < -0.4 is 20.7 Å². The summed E-state index contributed by atoms with van der Waals surface area (Å²) in [6, 6.07) is 13.6. The predicted molar refractivity (Wildman–Crippen MR) is 138 cm³/mol. The number of hydrogen-bond donors (Lipinski definition) is 3. The van der Waals surface area contributed by atoms with Gasteiger partial charge in [-0.2, -0.15) is 0 Å². The smallest absolute Gasteiger partial charge is 0.411 e. The van der Waals surface area contributed by atoms with Gasteiger partial charge in [-0.15, -0.1) is 24.0 Å². The molecule has 32 heavy (non-hydrogen) atoms. The average molecular weight is 556 g/mol. The van der Waals surface area contributed by atoms with Gasteiger partial charge in [-0.25, -0.2) is 4.79 Å². The molecule has 0 aliphatic rings. The van der Waals surface area contributed by atoms with Crippen molar-refractivity contribution in [2.75, 3.05) is 39.3 Å². The molecular formula is C23H33IN4O4. The number of ether oxygens (including phenoxy) is 3. The van der Waals surface area contributed by atoms with Gasteiger partial charge in [0.15, 0.2) is 5.96 Å². The summed E-state index contributed by atoms with van der Waals surface area (Å²) in [6.45, 7) is 6.92. The standard InChI is InChI=1S/C23H32N4O4.HI/c1-5-30-12-13-31-21-14-17(2)6-9-19(21)16-26-22(24-3)25-15-18-7-10-20(11-8-18)27-23(28)29-4;/h6-11,14H,5,12-13,15-16H2,1-4H3,(H,27,28)(H2,24,25,26);1H. The zero-order valence-electron chi connectivity index (χ0n) is 19.1. The van der Waals surface area contributed by atoms with Crippen molar-refractivity contribution in [3.63, 3.8) is 0 Å². The van der Waals surface area contributed by atoms with Gasteiger partial charge in [0.2, 0.25) is 0 Å². The number of halogens is 1. The van der Waals surface area contributed by atoms with Gasteiger partial charge in [-0.05, 0) is 43.2 Å². The van der Waals surface area contributed by atoms with E-state index < -0.39 is 6.09 Å². The van der Waals surface area contributed by atoms with E-state index in [1.807, 2.05) is 44.2 Å². The molecule has 0 spiro atoms. The zero-order valence-corrected chi connectivity index (χ0v) is 21.4. The van der Waals surface area contributed by atoms with E-state index in [1.165, 1.54) is 7.11 Å². The quantitative estimate of drug-likeness (QED) is 0.177. The second-order valence-corrected chi connectivity index (χ2v) is 6.75. The summed E-state index contributed by atoms with van der Waals surface area (Å²) < 4.78 is 15.8. The van der Waals surface area contributed by atoms with Crippen molar-refractivity contribution in [3.8, 4) is 5.75 Å². The maximum atomic E-state index is 11.3. The molecule has 3 N–H and O–H groups in total. The Balaban J connectivity index is 0.00000512. The van der Waals surface area contributed by atoms with Gasteiger partial charge in [0.25, 0.3) is 0 Å². The molecule has 0 heterocycles. The Morgan fingerprint density at radius 1 is 1.03 bits per heavy atom. The minimum absolute atomic E-state index is 0. The molecule has 0 saturated carbocycles. The summed E-state index contributed by atoms with van der Waals surface area (Å²) in [5.41, 5.74) is 3.91. The third-order valence-electron chi connectivity index (χ3n) is 4.43. The van der Waals surface area contributed by atoms with E-state index in [2.05, 4.69) is 37.8 Å². The SMILES string of the molecule is CCOCCOc1cc(C)ccc1CNC(=NC)NCc1ccc(NC(=O)OC)cc1.I. The van der Waals surface area contributed by atoms with E-state index >= 15 is 0 Å². The Bertz CT molecular complexity index is 860. The molecule has 0 atom stereocenters. The molecule has 2 aromatic rings. The third kappa shape index (κ3) is 9.73. The molecule has 0 bridgehead atoms.